The molecule has 2 N–H and O–H groups in total. The number of piperidine rings is 1. The van der Waals surface area contributed by atoms with Gasteiger partial charge >= 0.3 is 0 Å². The van der Waals surface area contributed by atoms with Gasteiger partial charge in [0.25, 0.3) is 0 Å². The normalized spacial score (nSPS) is 29.6. The molecule has 1 aliphatic carbocycles. The zero-order valence-corrected chi connectivity index (χ0v) is 12.2. The fraction of sp³-hybridized carbons (Fsp3) is 0.588. The third kappa shape index (κ3) is 2.47. The molecule has 3 nitrogen and oxygen atoms in total. The second-order valence-corrected chi connectivity index (χ2v) is 6.36. The molecule has 1 saturated heterocycles. The Labute approximate surface area is 121 Å². The van der Waals surface area contributed by atoms with Gasteiger partial charge in [-0.05, 0) is 56.7 Å². The summed E-state index contributed by atoms with van der Waals surface area (Å²) in [5.74, 6) is 0.207. The summed E-state index contributed by atoms with van der Waals surface area (Å²) in [6.07, 6.45) is 5.40. The highest BCUT2D eigenvalue weighted by molar-refractivity contribution is 5.88. The van der Waals surface area contributed by atoms with Crippen molar-refractivity contribution in [2.24, 2.45) is 0 Å². The molecule has 2 unspecified atom stereocenters. The van der Waals surface area contributed by atoms with Crippen LogP contribution in [0.3, 0.4) is 0 Å². The molecular formula is C17H24N2O. The number of carbonyl (C=O) groups excluding carboxylic acids is 1. The first-order valence-corrected chi connectivity index (χ1v) is 7.80. The second kappa shape index (κ2) is 5.57. The second-order valence-electron chi connectivity index (χ2n) is 6.36. The molecule has 3 heteroatoms. The van der Waals surface area contributed by atoms with Crippen molar-refractivity contribution in [1.29, 1.82) is 0 Å². The number of carbonyl (C=O) groups is 1. The first-order chi connectivity index (χ1) is 9.70. The monoisotopic (exact) mass is 272 g/mol. The molecule has 1 aromatic carbocycles. The molecule has 20 heavy (non-hydrogen) atoms. The zero-order valence-electron chi connectivity index (χ0n) is 12.2. The maximum atomic E-state index is 12.8. The molecule has 1 heterocycles. The Bertz CT molecular complexity index is 494. The molecule has 0 spiro atoms. The van der Waals surface area contributed by atoms with E-state index in [1.54, 1.807) is 0 Å². The number of aryl methyl sites for hydroxylation is 1. The summed E-state index contributed by atoms with van der Waals surface area (Å²) in [4.78, 5) is 12.8. The topological polar surface area (TPSA) is 41.1 Å². The van der Waals surface area contributed by atoms with Gasteiger partial charge in [0.15, 0.2) is 0 Å². The van der Waals surface area contributed by atoms with Crippen molar-refractivity contribution in [2.45, 2.75) is 50.5 Å². The summed E-state index contributed by atoms with van der Waals surface area (Å²) in [6, 6.07) is 8.72. The molecule has 1 aliphatic heterocycles. The van der Waals surface area contributed by atoms with Gasteiger partial charge in [-0.2, -0.15) is 0 Å². The first kappa shape index (κ1) is 13.6. The van der Waals surface area contributed by atoms with Crippen molar-refractivity contribution in [3.05, 3.63) is 35.4 Å². The molecule has 0 bridgehead atoms. The molecule has 0 aromatic heterocycles. The number of hydrogen-bond acceptors (Lipinski definition) is 2. The minimum absolute atomic E-state index is 0.207. The lowest BCUT2D eigenvalue weighted by atomic mass is 9.70. The Morgan fingerprint density at radius 2 is 2.20 bits per heavy atom. The van der Waals surface area contributed by atoms with Crippen LogP contribution in [0.5, 0.6) is 0 Å². The number of rotatable bonds is 2. The molecule has 3 rings (SSSR count). The van der Waals surface area contributed by atoms with E-state index in [1.165, 1.54) is 11.1 Å². The largest absolute Gasteiger partial charge is 0.351 e. The molecule has 0 radical (unpaired) electrons. The Kier molecular flexibility index (Phi) is 3.79. The Hall–Kier alpha value is -1.35. The number of benzene rings is 1. The predicted octanol–water partition coefficient (Wildman–Crippen LogP) is 2.15. The summed E-state index contributed by atoms with van der Waals surface area (Å²) in [5.41, 5.74) is 2.22. The Morgan fingerprint density at radius 1 is 1.35 bits per heavy atom. The summed E-state index contributed by atoms with van der Waals surface area (Å²) in [7, 11) is 0. The summed E-state index contributed by atoms with van der Waals surface area (Å²) >= 11 is 0. The molecule has 0 saturated carbocycles. The van der Waals surface area contributed by atoms with E-state index in [0.29, 0.717) is 6.04 Å². The van der Waals surface area contributed by atoms with Crippen LogP contribution in [-0.4, -0.2) is 25.0 Å². The lowest BCUT2D eigenvalue weighted by molar-refractivity contribution is -0.127. The van der Waals surface area contributed by atoms with Gasteiger partial charge in [-0.25, -0.2) is 0 Å². The third-order valence-corrected chi connectivity index (χ3v) is 4.87. The van der Waals surface area contributed by atoms with Crippen LogP contribution >= 0.6 is 0 Å². The standard InChI is InChI=1S/C17H24N2O/c1-17(16(20)19-14-8-5-11-18-12-14)10-4-7-13-6-2-3-9-15(13)17/h2-3,6,9,14,18H,4-5,7-8,10-12H2,1H3,(H,19,20). The Balaban J connectivity index is 1.79. The summed E-state index contributed by atoms with van der Waals surface area (Å²) in [5, 5.41) is 6.63. The van der Waals surface area contributed by atoms with Crippen molar-refractivity contribution in [3.63, 3.8) is 0 Å². The maximum absolute atomic E-state index is 12.8. The molecule has 1 aromatic rings. The smallest absolute Gasteiger partial charge is 0.230 e. The van der Waals surface area contributed by atoms with Crippen LogP contribution in [0.2, 0.25) is 0 Å². The van der Waals surface area contributed by atoms with Gasteiger partial charge in [-0.1, -0.05) is 24.3 Å². The number of amides is 1. The van der Waals surface area contributed by atoms with Gasteiger partial charge in [0.2, 0.25) is 5.91 Å². The quantitative estimate of drug-likeness (QED) is 0.866. The van der Waals surface area contributed by atoms with E-state index in [4.69, 9.17) is 0 Å². The van der Waals surface area contributed by atoms with E-state index in [2.05, 4.69) is 41.8 Å². The van der Waals surface area contributed by atoms with Crippen molar-refractivity contribution in [3.8, 4) is 0 Å². The Morgan fingerprint density at radius 3 is 3.00 bits per heavy atom. The van der Waals surface area contributed by atoms with E-state index < -0.39 is 0 Å². The third-order valence-electron chi connectivity index (χ3n) is 4.87. The highest BCUT2D eigenvalue weighted by Gasteiger charge is 2.39. The van der Waals surface area contributed by atoms with Gasteiger partial charge in [-0.15, -0.1) is 0 Å². The van der Waals surface area contributed by atoms with Crippen LogP contribution in [-0.2, 0) is 16.6 Å². The lowest BCUT2D eigenvalue weighted by Crippen LogP contribution is -2.52. The van der Waals surface area contributed by atoms with Crippen molar-refractivity contribution in [2.75, 3.05) is 13.1 Å². The number of fused-ring (bicyclic) bond motifs is 1. The predicted molar refractivity (Wildman–Crippen MR) is 80.8 cm³/mol. The number of hydrogen-bond donors (Lipinski definition) is 2. The fourth-order valence-corrected chi connectivity index (χ4v) is 3.60. The van der Waals surface area contributed by atoms with Crippen LogP contribution < -0.4 is 10.6 Å². The molecule has 108 valence electrons. The van der Waals surface area contributed by atoms with E-state index in [1.807, 2.05) is 0 Å². The SMILES string of the molecule is CC1(C(=O)NC2CCCNC2)CCCc2ccccc21. The van der Waals surface area contributed by atoms with Gasteiger partial charge in [0.05, 0.1) is 5.41 Å². The van der Waals surface area contributed by atoms with Gasteiger partial charge < -0.3 is 10.6 Å². The molecule has 1 fully saturated rings. The number of nitrogens with one attached hydrogen (secondary N) is 2. The highest BCUT2D eigenvalue weighted by Crippen LogP contribution is 2.37. The summed E-state index contributed by atoms with van der Waals surface area (Å²) < 4.78 is 0. The van der Waals surface area contributed by atoms with Crippen molar-refractivity contribution >= 4 is 5.91 Å². The van der Waals surface area contributed by atoms with E-state index >= 15 is 0 Å². The fourth-order valence-electron chi connectivity index (χ4n) is 3.60. The maximum Gasteiger partial charge on any atom is 0.230 e. The van der Waals surface area contributed by atoms with Crippen LogP contribution in [0.25, 0.3) is 0 Å². The van der Waals surface area contributed by atoms with Crippen LogP contribution in [0, 0.1) is 0 Å². The van der Waals surface area contributed by atoms with Gasteiger partial charge in [0.1, 0.15) is 0 Å². The average molecular weight is 272 g/mol. The van der Waals surface area contributed by atoms with Crippen LogP contribution in [0.4, 0.5) is 0 Å². The zero-order chi connectivity index (χ0) is 14.0. The summed E-state index contributed by atoms with van der Waals surface area (Å²) in [6.45, 7) is 4.09. The van der Waals surface area contributed by atoms with Crippen LogP contribution in [0.1, 0.15) is 43.7 Å². The molecule has 1 amide bonds. The highest BCUT2D eigenvalue weighted by atomic mass is 16.2. The molecular weight excluding hydrogens is 248 g/mol. The van der Waals surface area contributed by atoms with Gasteiger partial charge in [-0.3, -0.25) is 4.79 Å². The van der Waals surface area contributed by atoms with Crippen molar-refractivity contribution in [1.82, 2.24) is 10.6 Å². The van der Waals surface area contributed by atoms with E-state index in [-0.39, 0.29) is 11.3 Å². The average Bonchev–Trinajstić information content (AvgIpc) is 2.49. The minimum atomic E-state index is -0.355. The van der Waals surface area contributed by atoms with Gasteiger partial charge in [0, 0.05) is 12.6 Å². The van der Waals surface area contributed by atoms with Crippen LogP contribution in [0.15, 0.2) is 24.3 Å². The molecule has 2 atom stereocenters. The van der Waals surface area contributed by atoms with E-state index in [9.17, 15) is 4.79 Å². The van der Waals surface area contributed by atoms with Crippen molar-refractivity contribution < 1.29 is 4.79 Å². The van der Waals surface area contributed by atoms with E-state index in [0.717, 1.165) is 45.2 Å². The minimum Gasteiger partial charge on any atom is -0.351 e. The molecule has 2 aliphatic rings. The lowest BCUT2D eigenvalue weighted by Gasteiger charge is -2.36. The first-order valence-electron chi connectivity index (χ1n) is 7.80.